The number of rotatable bonds is 4. The Hall–Kier alpha value is -0.570. The monoisotopic (exact) mass is 214 g/mol. The van der Waals surface area contributed by atoms with E-state index in [0.29, 0.717) is 12.0 Å². The summed E-state index contributed by atoms with van der Waals surface area (Å²) in [5.74, 6) is 0. The lowest BCUT2D eigenvalue weighted by molar-refractivity contribution is -0.0203. The van der Waals surface area contributed by atoms with Crippen LogP contribution in [0.2, 0.25) is 0 Å². The van der Waals surface area contributed by atoms with Crippen LogP contribution in [0.25, 0.3) is 0 Å². The zero-order valence-corrected chi connectivity index (χ0v) is 8.91. The highest BCUT2D eigenvalue weighted by atomic mass is 35.5. The summed E-state index contributed by atoms with van der Waals surface area (Å²) in [5, 5.41) is 18.0. The largest absolute Gasteiger partial charge is 0.384 e. The molecular formula is C11H15ClO2. The zero-order chi connectivity index (χ0) is 10.6. The lowest BCUT2D eigenvalue weighted by atomic mass is 10.0. The number of aliphatic hydroxyl groups is 2. The molecule has 1 rings (SSSR count). The van der Waals surface area contributed by atoms with Crippen LogP contribution in [-0.4, -0.2) is 15.3 Å². The predicted molar refractivity (Wildman–Crippen MR) is 57.1 cm³/mol. The molecule has 0 radical (unpaired) electrons. The molecule has 0 saturated heterocycles. The van der Waals surface area contributed by atoms with Crippen molar-refractivity contribution < 1.29 is 10.2 Å². The fraction of sp³-hybridized carbons (Fsp3) is 0.455. The lowest BCUT2D eigenvalue weighted by Crippen LogP contribution is -2.29. The third-order valence-electron chi connectivity index (χ3n) is 2.13. The first-order valence-corrected chi connectivity index (χ1v) is 5.10. The highest BCUT2D eigenvalue weighted by Gasteiger charge is 2.33. The van der Waals surface area contributed by atoms with Crippen LogP contribution in [0.3, 0.4) is 0 Å². The van der Waals surface area contributed by atoms with Crippen LogP contribution in [0.1, 0.15) is 31.4 Å². The molecule has 78 valence electrons. The fourth-order valence-corrected chi connectivity index (χ4v) is 1.69. The first-order chi connectivity index (χ1) is 6.58. The molecule has 1 aromatic rings. The van der Waals surface area contributed by atoms with Crippen LogP contribution in [-0.2, 0) is 0 Å². The molecule has 0 bridgehead atoms. The average Bonchev–Trinajstić information content (AvgIpc) is 2.18. The van der Waals surface area contributed by atoms with E-state index in [0.717, 1.165) is 6.42 Å². The Morgan fingerprint density at radius 3 is 2.43 bits per heavy atom. The molecule has 1 aromatic carbocycles. The van der Waals surface area contributed by atoms with E-state index in [1.165, 1.54) is 0 Å². The van der Waals surface area contributed by atoms with E-state index in [4.69, 9.17) is 11.6 Å². The minimum atomic E-state index is -1.56. The summed E-state index contributed by atoms with van der Waals surface area (Å²) in [6.07, 6.45) is 0.0550. The van der Waals surface area contributed by atoms with E-state index >= 15 is 0 Å². The first-order valence-electron chi connectivity index (χ1n) is 4.72. The van der Waals surface area contributed by atoms with Crippen LogP contribution in [0, 0.1) is 0 Å². The van der Waals surface area contributed by atoms with Crippen molar-refractivity contribution in [3.05, 3.63) is 35.9 Å². The van der Waals surface area contributed by atoms with E-state index in [-0.39, 0.29) is 0 Å². The third-order valence-corrected chi connectivity index (χ3v) is 2.53. The summed E-state index contributed by atoms with van der Waals surface area (Å²) in [6, 6.07) is 8.94. The average molecular weight is 215 g/mol. The van der Waals surface area contributed by atoms with Crippen LogP contribution >= 0.6 is 11.6 Å². The Kier molecular flexibility index (Phi) is 3.93. The lowest BCUT2D eigenvalue weighted by Gasteiger charge is -2.26. The molecule has 0 aliphatic heterocycles. The normalized spacial score (nSPS) is 17.4. The Bertz CT molecular complexity index is 272. The minimum Gasteiger partial charge on any atom is -0.384 e. The number of aliphatic hydroxyl groups excluding tert-OH is 1. The van der Waals surface area contributed by atoms with Crippen molar-refractivity contribution in [2.24, 2.45) is 0 Å². The van der Waals surface area contributed by atoms with Crippen LogP contribution in [0.5, 0.6) is 0 Å². The predicted octanol–water partition coefficient (Wildman–Crippen LogP) is 2.45. The molecule has 3 heteroatoms. The van der Waals surface area contributed by atoms with Gasteiger partial charge in [0.1, 0.15) is 6.10 Å². The van der Waals surface area contributed by atoms with Crippen molar-refractivity contribution in [2.75, 3.05) is 0 Å². The van der Waals surface area contributed by atoms with Gasteiger partial charge in [0.25, 0.3) is 0 Å². The van der Waals surface area contributed by atoms with E-state index in [2.05, 4.69) is 0 Å². The Balaban J connectivity index is 2.79. The summed E-state index contributed by atoms with van der Waals surface area (Å²) in [4.78, 5) is 0. The maximum absolute atomic E-state index is 9.80. The van der Waals surface area contributed by atoms with Gasteiger partial charge in [-0.25, -0.2) is 0 Å². The summed E-state index contributed by atoms with van der Waals surface area (Å²) < 4.78 is 0. The van der Waals surface area contributed by atoms with Gasteiger partial charge in [-0.15, -0.1) is 0 Å². The smallest absolute Gasteiger partial charge is 0.168 e. The van der Waals surface area contributed by atoms with Gasteiger partial charge in [0.15, 0.2) is 5.06 Å². The molecule has 0 aromatic heterocycles. The second-order valence-corrected chi connectivity index (χ2v) is 4.04. The van der Waals surface area contributed by atoms with Gasteiger partial charge in [-0.3, -0.25) is 0 Å². The van der Waals surface area contributed by atoms with Crippen molar-refractivity contribution in [1.29, 1.82) is 0 Å². The van der Waals surface area contributed by atoms with E-state index in [9.17, 15) is 10.2 Å². The molecule has 0 amide bonds. The van der Waals surface area contributed by atoms with Crippen LogP contribution in [0.4, 0.5) is 0 Å². The molecule has 14 heavy (non-hydrogen) atoms. The summed E-state index contributed by atoms with van der Waals surface area (Å²) in [5.41, 5.74) is 0.637. The van der Waals surface area contributed by atoms with Gasteiger partial charge >= 0.3 is 0 Å². The third kappa shape index (κ3) is 2.71. The molecule has 0 fully saturated rings. The Labute approximate surface area is 89.1 Å². The molecule has 0 spiro atoms. The van der Waals surface area contributed by atoms with Gasteiger partial charge in [-0.2, -0.15) is 0 Å². The van der Waals surface area contributed by atoms with Gasteiger partial charge in [0.2, 0.25) is 0 Å². The molecule has 0 saturated carbocycles. The fourth-order valence-electron chi connectivity index (χ4n) is 1.38. The Morgan fingerprint density at radius 1 is 1.36 bits per heavy atom. The second-order valence-electron chi connectivity index (χ2n) is 3.38. The molecule has 0 heterocycles. The SMILES string of the molecule is CCCC(O)(Cl)C(O)c1ccccc1. The second kappa shape index (κ2) is 4.78. The van der Waals surface area contributed by atoms with Crippen molar-refractivity contribution in [3.8, 4) is 0 Å². The quantitative estimate of drug-likeness (QED) is 0.756. The van der Waals surface area contributed by atoms with Gasteiger partial charge in [0, 0.05) is 0 Å². The number of halogens is 1. The number of hydrogen-bond acceptors (Lipinski definition) is 2. The van der Waals surface area contributed by atoms with Gasteiger partial charge in [-0.1, -0.05) is 55.3 Å². The van der Waals surface area contributed by atoms with Crippen molar-refractivity contribution in [3.63, 3.8) is 0 Å². The summed E-state index contributed by atoms with van der Waals surface area (Å²) in [7, 11) is 0. The van der Waals surface area contributed by atoms with Gasteiger partial charge < -0.3 is 10.2 Å². The van der Waals surface area contributed by atoms with E-state index in [1.807, 2.05) is 13.0 Å². The highest BCUT2D eigenvalue weighted by molar-refractivity contribution is 6.23. The molecule has 2 N–H and O–H groups in total. The van der Waals surface area contributed by atoms with Crippen LogP contribution < -0.4 is 0 Å². The number of alkyl halides is 1. The van der Waals surface area contributed by atoms with E-state index in [1.54, 1.807) is 24.3 Å². The van der Waals surface area contributed by atoms with E-state index < -0.39 is 11.2 Å². The minimum absolute atomic E-state index is 0.366. The molecule has 0 aliphatic carbocycles. The number of hydrogen-bond donors (Lipinski definition) is 2. The van der Waals surface area contributed by atoms with Crippen molar-refractivity contribution in [2.45, 2.75) is 30.9 Å². The highest BCUT2D eigenvalue weighted by Crippen LogP contribution is 2.33. The first kappa shape index (κ1) is 11.5. The molecule has 2 atom stereocenters. The van der Waals surface area contributed by atoms with Crippen molar-refractivity contribution >= 4 is 11.6 Å². The van der Waals surface area contributed by atoms with Gasteiger partial charge in [0.05, 0.1) is 0 Å². The van der Waals surface area contributed by atoms with Gasteiger partial charge in [-0.05, 0) is 12.0 Å². The molecule has 2 nitrogen and oxygen atoms in total. The molecular weight excluding hydrogens is 200 g/mol. The maximum Gasteiger partial charge on any atom is 0.168 e. The zero-order valence-electron chi connectivity index (χ0n) is 8.15. The standard InChI is InChI=1S/C11H15ClO2/c1-2-8-11(12,14)10(13)9-6-4-3-5-7-9/h3-7,10,13-14H,2,8H2,1H3. The molecule has 2 unspecified atom stereocenters. The topological polar surface area (TPSA) is 40.5 Å². The molecule has 0 aliphatic rings. The summed E-state index contributed by atoms with van der Waals surface area (Å²) >= 11 is 5.83. The Morgan fingerprint density at radius 2 is 1.93 bits per heavy atom. The van der Waals surface area contributed by atoms with Crippen LogP contribution in [0.15, 0.2) is 30.3 Å². The summed E-state index contributed by atoms with van der Waals surface area (Å²) in [6.45, 7) is 1.91. The van der Waals surface area contributed by atoms with Crippen molar-refractivity contribution in [1.82, 2.24) is 0 Å². The number of benzene rings is 1. The maximum atomic E-state index is 9.80.